The molecule has 1 amide bonds. The molecule has 2 aromatic rings. The summed E-state index contributed by atoms with van der Waals surface area (Å²) >= 11 is 13.1. The van der Waals surface area contributed by atoms with Gasteiger partial charge < -0.3 is 4.90 Å². The number of halogens is 2. The van der Waals surface area contributed by atoms with E-state index >= 15 is 0 Å². The predicted molar refractivity (Wildman–Crippen MR) is 103 cm³/mol. The summed E-state index contributed by atoms with van der Waals surface area (Å²) in [5, 5.41) is 0.263. The van der Waals surface area contributed by atoms with Crippen LogP contribution in [-0.2, 0) is 0 Å². The number of nitrogens with one attached hydrogen (secondary N) is 2. The molecule has 26 heavy (non-hydrogen) atoms. The van der Waals surface area contributed by atoms with Crippen LogP contribution in [0, 0.1) is 5.92 Å². The fourth-order valence-corrected chi connectivity index (χ4v) is 4.91. The number of hydrogen-bond donors (Lipinski definition) is 2. The van der Waals surface area contributed by atoms with E-state index in [0.717, 1.165) is 37.5 Å². The highest BCUT2D eigenvalue weighted by molar-refractivity contribution is 7.11. The molecule has 2 fully saturated rings. The van der Waals surface area contributed by atoms with Crippen LogP contribution in [0.15, 0.2) is 24.5 Å². The van der Waals surface area contributed by atoms with Crippen molar-refractivity contribution in [3.05, 3.63) is 45.1 Å². The monoisotopic (exact) mass is 411 g/mol. The molecule has 2 N–H and O–H groups in total. The van der Waals surface area contributed by atoms with Crippen molar-refractivity contribution in [2.75, 3.05) is 19.6 Å². The summed E-state index contributed by atoms with van der Waals surface area (Å²) in [5.41, 5.74) is 8.24. The van der Waals surface area contributed by atoms with Gasteiger partial charge in [0.15, 0.2) is 5.69 Å². The average molecular weight is 412 g/mol. The number of pyridine rings is 1. The van der Waals surface area contributed by atoms with Crippen LogP contribution in [0.5, 0.6) is 0 Å². The summed E-state index contributed by atoms with van der Waals surface area (Å²) in [6, 6.07) is 4.40. The molecule has 0 radical (unpaired) electrons. The largest absolute Gasteiger partial charge is 0.337 e. The maximum atomic E-state index is 12.8. The molecule has 3 atom stereocenters. The fraction of sp³-hybridized carbons (Fsp3) is 0.471. The number of hydrogen-bond acceptors (Lipinski definition) is 6. The number of aromatic nitrogens is 2. The van der Waals surface area contributed by atoms with Crippen molar-refractivity contribution in [1.29, 1.82) is 0 Å². The molecular formula is C17H19Cl2N5OS. The Morgan fingerprint density at radius 2 is 2.12 bits per heavy atom. The van der Waals surface area contributed by atoms with Gasteiger partial charge in [-0.15, -0.1) is 0 Å². The highest BCUT2D eigenvalue weighted by Gasteiger charge is 2.38. The average Bonchev–Trinajstić information content (AvgIpc) is 3.30. The maximum absolute atomic E-state index is 12.8. The van der Waals surface area contributed by atoms with E-state index in [4.69, 9.17) is 23.2 Å². The quantitative estimate of drug-likeness (QED) is 0.812. The summed E-state index contributed by atoms with van der Waals surface area (Å²) in [6.45, 7) is 2.28. The molecular weight excluding hydrogens is 393 g/mol. The highest BCUT2D eigenvalue weighted by atomic mass is 35.5. The van der Waals surface area contributed by atoms with Crippen LogP contribution in [0.1, 0.15) is 34.8 Å². The molecule has 3 unspecified atom stereocenters. The molecule has 138 valence electrons. The molecule has 4 rings (SSSR count). The third-order valence-electron chi connectivity index (χ3n) is 5.21. The zero-order valence-corrected chi connectivity index (χ0v) is 16.3. The summed E-state index contributed by atoms with van der Waals surface area (Å²) in [5.74, 6) is 0.582. The molecule has 2 aromatic heterocycles. The van der Waals surface area contributed by atoms with Gasteiger partial charge >= 0.3 is 0 Å². The van der Waals surface area contributed by atoms with E-state index < -0.39 is 0 Å². The predicted octanol–water partition coefficient (Wildman–Crippen LogP) is 2.96. The first kappa shape index (κ1) is 18.1. The first-order chi connectivity index (χ1) is 12.6. The molecule has 0 spiro atoms. The van der Waals surface area contributed by atoms with Gasteiger partial charge in [0.05, 0.1) is 0 Å². The Morgan fingerprint density at radius 1 is 1.31 bits per heavy atom. The number of rotatable bonds is 3. The molecule has 2 aliphatic heterocycles. The summed E-state index contributed by atoms with van der Waals surface area (Å²) < 4.78 is 4.49. The van der Waals surface area contributed by atoms with Crippen LogP contribution < -0.4 is 10.9 Å². The first-order valence-electron chi connectivity index (χ1n) is 8.63. The molecule has 2 aliphatic rings. The Balaban J connectivity index is 1.50. The molecule has 6 nitrogen and oxygen atoms in total. The summed E-state index contributed by atoms with van der Waals surface area (Å²) in [4.78, 5) is 18.8. The zero-order chi connectivity index (χ0) is 18.1. The van der Waals surface area contributed by atoms with Gasteiger partial charge in [-0.05, 0) is 48.0 Å². The molecule has 2 saturated heterocycles. The van der Waals surface area contributed by atoms with Gasteiger partial charge in [0, 0.05) is 44.0 Å². The molecule has 0 aliphatic carbocycles. The van der Waals surface area contributed by atoms with Crippen LogP contribution in [0.3, 0.4) is 0 Å². The molecule has 0 saturated carbocycles. The number of hydrazine groups is 1. The maximum Gasteiger partial charge on any atom is 0.275 e. The summed E-state index contributed by atoms with van der Waals surface area (Å²) in [7, 11) is 0. The Hall–Kier alpha value is -1.25. The van der Waals surface area contributed by atoms with Crippen LogP contribution in [0.2, 0.25) is 9.36 Å². The van der Waals surface area contributed by atoms with E-state index in [-0.39, 0.29) is 22.7 Å². The van der Waals surface area contributed by atoms with Gasteiger partial charge in [-0.1, -0.05) is 23.2 Å². The minimum absolute atomic E-state index is 0.130. The molecule has 9 heteroatoms. The lowest BCUT2D eigenvalue weighted by molar-refractivity contribution is 0.0640. The van der Waals surface area contributed by atoms with Gasteiger partial charge in [0.2, 0.25) is 0 Å². The van der Waals surface area contributed by atoms with Crippen LogP contribution in [0.25, 0.3) is 0 Å². The lowest BCUT2D eigenvalue weighted by Gasteiger charge is -2.37. The number of amides is 1. The zero-order valence-electron chi connectivity index (χ0n) is 14.0. The third kappa shape index (κ3) is 3.46. The Labute approximate surface area is 166 Å². The minimum atomic E-state index is -0.130. The number of likely N-dealkylation sites (tertiary alicyclic amines) is 1. The van der Waals surface area contributed by atoms with E-state index in [0.29, 0.717) is 22.7 Å². The van der Waals surface area contributed by atoms with Crippen molar-refractivity contribution in [3.8, 4) is 0 Å². The van der Waals surface area contributed by atoms with Crippen molar-refractivity contribution in [1.82, 2.24) is 25.1 Å². The lowest BCUT2D eigenvalue weighted by Crippen LogP contribution is -2.48. The number of piperidine rings is 1. The van der Waals surface area contributed by atoms with Crippen molar-refractivity contribution in [2.45, 2.75) is 24.8 Å². The normalized spacial score (nSPS) is 26.2. The van der Waals surface area contributed by atoms with Gasteiger partial charge in [-0.3, -0.25) is 20.6 Å². The van der Waals surface area contributed by atoms with Crippen molar-refractivity contribution in [2.24, 2.45) is 5.92 Å². The van der Waals surface area contributed by atoms with Crippen LogP contribution in [0.4, 0.5) is 0 Å². The highest BCUT2D eigenvalue weighted by Crippen LogP contribution is 2.34. The third-order valence-corrected chi connectivity index (χ3v) is 6.82. The topological polar surface area (TPSA) is 70.2 Å². The van der Waals surface area contributed by atoms with Gasteiger partial charge in [-0.2, -0.15) is 4.37 Å². The second-order valence-corrected chi connectivity index (χ2v) is 8.46. The summed E-state index contributed by atoms with van der Waals surface area (Å²) in [6.07, 6.45) is 5.70. The van der Waals surface area contributed by atoms with Crippen molar-refractivity contribution < 1.29 is 4.79 Å². The van der Waals surface area contributed by atoms with E-state index in [9.17, 15) is 4.79 Å². The Bertz CT molecular complexity index is 787. The van der Waals surface area contributed by atoms with Crippen molar-refractivity contribution >= 4 is 40.6 Å². The van der Waals surface area contributed by atoms with E-state index in [2.05, 4.69) is 32.3 Å². The van der Waals surface area contributed by atoms with Gasteiger partial charge in [-0.25, -0.2) is 0 Å². The Morgan fingerprint density at radius 3 is 2.85 bits per heavy atom. The smallest absolute Gasteiger partial charge is 0.275 e. The van der Waals surface area contributed by atoms with Gasteiger partial charge in [0.25, 0.3) is 5.91 Å². The number of carbonyl (C=O) groups is 1. The second-order valence-electron chi connectivity index (χ2n) is 6.71. The van der Waals surface area contributed by atoms with E-state index in [1.807, 2.05) is 17.3 Å². The number of nitrogens with zero attached hydrogens (tertiary/aromatic N) is 3. The van der Waals surface area contributed by atoms with E-state index in [1.165, 1.54) is 5.56 Å². The standard InChI is InChI=1S/C17H19Cl2N5OS/c18-13-15(23-26-16(13)19)17(25)24-7-1-2-11(9-24)14-12(8-21-22-14)10-3-5-20-6-4-10/h3-6,11-12,14,21-22H,1-2,7-9H2. The van der Waals surface area contributed by atoms with Crippen LogP contribution >= 0.6 is 34.7 Å². The SMILES string of the molecule is O=C(c1nsc(Cl)c1Cl)N1CCCC(C2NNCC2c2ccncc2)C1. The fourth-order valence-electron chi connectivity index (χ4n) is 3.93. The molecule has 4 heterocycles. The second kappa shape index (κ2) is 7.78. The van der Waals surface area contributed by atoms with Crippen molar-refractivity contribution in [3.63, 3.8) is 0 Å². The van der Waals surface area contributed by atoms with E-state index in [1.54, 1.807) is 0 Å². The lowest BCUT2D eigenvalue weighted by atomic mass is 9.81. The molecule has 0 bridgehead atoms. The van der Waals surface area contributed by atoms with Gasteiger partial charge in [0.1, 0.15) is 9.36 Å². The first-order valence-corrected chi connectivity index (χ1v) is 10.2. The van der Waals surface area contributed by atoms with Crippen LogP contribution in [-0.4, -0.2) is 45.8 Å². The Kier molecular flexibility index (Phi) is 5.42. The molecule has 0 aromatic carbocycles. The number of carbonyl (C=O) groups excluding carboxylic acids is 1. The minimum Gasteiger partial charge on any atom is -0.337 e.